The fourth-order valence-corrected chi connectivity index (χ4v) is 2.84. The number of anilines is 1. The number of hydrogen-bond donors (Lipinski definition) is 2. The minimum Gasteiger partial charge on any atom is -0.380 e. The molecule has 2 N–H and O–H groups in total. The number of halogens is 2. The second kappa shape index (κ2) is 7.11. The molecule has 1 fully saturated rings. The van der Waals surface area contributed by atoms with Crippen LogP contribution >= 0.6 is 11.6 Å². The van der Waals surface area contributed by atoms with Crippen molar-refractivity contribution in [2.24, 2.45) is 0 Å². The van der Waals surface area contributed by atoms with Gasteiger partial charge in [0.1, 0.15) is 0 Å². The lowest BCUT2D eigenvalue weighted by atomic mass is 10.0. The molecular formula is C15H22ClFN2. The summed E-state index contributed by atoms with van der Waals surface area (Å²) >= 11 is 5.78. The first-order valence-corrected chi connectivity index (χ1v) is 7.48. The highest BCUT2D eigenvalue weighted by atomic mass is 35.5. The van der Waals surface area contributed by atoms with Crippen LogP contribution in [0.5, 0.6) is 0 Å². The molecule has 0 amide bonds. The van der Waals surface area contributed by atoms with E-state index in [9.17, 15) is 4.39 Å². The topological polar surface area (TPSA) is 24.1 Å². The first kappa shape index (κ1) is 14.6. The minimum atomic E-state index is -0.357. The maximum absolute atomic E-state index is 13.8. The van der Waals surface area contributed by atoms with Gasteiger partial charge in [0.15, 0.2) is 5.82 Å². The van der Waals surface area contributed by atoms with Gasteiger partial charge in [0.25, 0.3) is 0 Å². The van der Waals surface area contributed by atoms with E-state index in [1.54, 1.807) is 18.2 Å². The molecule has 1 aromatic rings. The lowest BCUT2D eigenvalue weighted by Crippen LogP contribution is -2.33. The Morgan fingerprint density at radius 3 is 3.11 bits per heavy atom. The predicted octanol–water partition coefficient (Wildman–Crippen LogP) is 4.20. The molecule has 0 aromatic heterocycles. The summed E-state index contributed by atoms with van der Waals surface area (Å²) in [5.41, 5.74) is 0.494. The zero-order valence-electron chi connectivity index (χ0n) is 11.4. The molecule has 2 unspecified atom stereocenters. The van der Waals surface area contributed by atoms with Crippen molar-refractivity contribution in [3.8, 4) is 0 Å². The molecule has 0 aliphatic carbocycles. The van der Waals surface area contributed by atoms with E-state index in [1.165, 1.54) is 25.7 Å². The van der Waals surface area contributed by atoms with Crippen LogP contribution in [0.4, 0.5) is 10.1 Å². The number of hydrogen-bond acceptors (Lipinski definition) is 2. The van der Waals surface area contributed by atoms with Crippen LogP contribution in [0.15, 0.2) is 18.2 Å². The van der Waals surface area contributed by atoms with Gasteiger partial charge in [0.05, 0.1) is 10.7 Å². The van der Waals surface area contributed by atoms with Gasteiger partial charge in [-0.25, -0.2) is 4.39 Å². The zero-order chi connectivity index (χ0) is 13.7. The van der Waals surface area contributed by atoms with E-state index in [4.69, 9.17) is 11.6 Å². The molecule has 1 heterocycles. The monoisotopic (exact) mass is 284 g/mol. The molecule has 0 bridgehead atoms. The van der Waals surface area contributed by atoms with Crippen molar-refractivity contribution in [2.45, 2.75) is 51.1 Å². The Bertz CT molecular complexity index is 403. The number of benzene rings is 1. The highest BCUT2D eigenvalue weighted by Crippen LogP contribution is 2.23. The zero-order valence-corrected chi connectivity index (χ0v) is 12.1. The maximum Gasteiger partial charge on any atom is 0.164 e. The molecule has 4 heteroatoms. The number of rotatable bonds is 4. The summed E-state index contributed by atoms with van der Waals surface area (Å²) in [4.78, 5) is 0. The van der Waals surface area contributed by atoms with Crippen molar-refractivity contribution < 1.29 is 4.39 Å². The molecule has 19 heavy (non-hydrogen) atoms. The molecule has 1 saturated heterocycles. The maximum atomic E-state index is 13.8. The van der Waals surface area contributed by atoms with Gasteiger partial charge in [-0.05, 0) is 44.9 Å². The SMILES string of the molecule is CC(CC1CCCCCN1)Nc1cccc(Cl)c1F. The van der Waals surface area contributed by atoms with E-state index in [2.05, 4.69) is 17.6 Å². The first-order valence-electron chi connectivity index (χ1n) is 7.10. The third kappa shape index (κ3) is 4.36. The van der Waals surface area contributed by atoms with Crippen molar-refractivity contribution in [1.82, 2.24) is 5.32 Å². The Labute approximate surface area is 119 Å². The standard InChI is InChI=1S/C15H22ClFN2/c1-11(10-12-6-3-2-4-9-18-12)19-14-8-5-7-13(16)15(14)17/h5,7-8,11-12,18-19H,2-4,6,9-10H2,1H3. The van der Waals surface area contributed by atoms with Crippen LogP contribution in [0.1, 0.15) is 39.0 Å². The second-order valence-electron chi connectivity index (χ2n) is 5.38. The van der Waals surface area contributed by atoms with Crippen LogP contribution in [0, 0.1) is 5.82 Å². The third-order valence-corrected chi connectivity index (χ3v) is 3.95. The molecule has 0 saturated carbocycles. The molecule has 2 atom stereocenters. The van der Waals surface area contributed by atoms with Gasteiger partial charge in [0.2, 0.25) is 0 Å². The van der Waals surface area contributed by atoms with Crippen molar-refractivity contribution >= 4 is 17.3 Å². The van der Waals surface area contributed by atoms with Crippen molar-refractivity contribution in [2.75, 3.05) is 11.9 Å². The van der Waals surface area contributed by atoms with E-state index < -0.39 is 0 Å². The van der Waals surface area contributed by atoms with Crippen molar-refractivity contribution in [3.63, 3.8) is 0 Å². The summed E-state index contributed by atoms with van der Waals surface area (Å²) in [6, 6.07) is 5.83. The Morgan fingerprint density at radius 1 is 1.42 bits per heavy atom. The van der Waals surface area contributed by atoms with E-state index in [1.807, 2.05) is 0 Å². The highest BCUT2D eigenvalue weighted by molar-refractivity contribution is 6.31. The largest absolute Gasteiger partial charge is 0.380 e. The van der Waals surface area contributed by atoms with Crippen LogP contribution in [-0.4, -0.2) is 18.6 Å². The average Bonchev–Trinajstić information content (AvgIpc) is 2.63. The second-order valence-corrected chi connectivity index (χ2v) is 5.79. The Morgan fingerprint density at radius 2 is 2.26 bits per heavy atom. The molecule has 1 aliphatic rings. The third-order valence-electron chi connectivity index (χ3n) is 3.65. The van der Waals surface area contributed by atoms with Gasteiger partial charge >= 0.3 is 0 Å². The molecule has 1 aliphatic heterocycles. The first-order chi connectivity index (χ1) is 9.16. The fraction of sp³-hybridized carbons (Fsp3) is 0.600. The van der Waals surface area contributed by atoms with E-state index >= 15 is 0 Å². The summed E-state index contributed by atoms with van der Waals surface area (Å²) in [6.45, 7) is 3.19. The summed E-state index contributed by atoms with van der Waals surface area (Å²) in [7, 11) is 0. The molecule has 0 radical (unpaired) electrons. The Balaban J connectivity index is 1.89. The van der Waals surface area contributed by atoms with Gasteiger partial charge < -0.3 is 10.6 Å². The predicted molar refractivity (Wildman–Crippen MR) is 79.4 cm³/mol. The summed E-state index contributed by atoms with van der Waals surface area (Å²) in [6.07, 6.45) is 6.08. The van der Waals surface area contributed by atoms with Gasteiger partial charge in [-0.3, -0.25) is 0 Å². The minimum absolute atomic E-state index is 0.171. The molecule has 106 valence electrons. The van der Waals surface area contributed by atoms with Gasteiger partial charge in [-0.2, -0.15) is 0 Å². The summed E-state index contributed by atoms with van der Waals surface area (Å²) in [5, 5.41) is 6.95. The lowest BCUT2D eigenvalue weighted by Gasteiger charge is -2.22. The van der Waals surface area contributed by atoms with E-state index in [0.29, 0.717) is 11.7 Å². The van der Waals surface area contributed by atoms with Gasteiger partial charge in [-0.1, -0.05) is 30.5 Å². The van der Waals surface area contributed by atoms with E-state index in [-0.39, 0.29) is 16.9 Å². The van der Waals surface area contributed by atoms with Gasteiger partial charge in [0, 0.05) is 12.1 Å². The van der Waals surface area contributed by atoms with Crippen LogP contribution in [0.3, 0.4) is 0 Å². The quantitative estimate of drug-likeness (QED) is 0.866. The van der Waals surface area contributed by atoms with Crippen molar-refractivity contribution in [1.29, 1.82) is 0 Å². The normalized spacial score (nSPS) is 21.7. The van der Waals surface area contributed by atoms with Crippen molar-refractivity contribution in [3.05, 3.63) is 29.0 Å². The number of nitrogens with one attached hydrogen (secondary N) is 2. The summed E-state index contributed by atoms with van der Waals surface area (Å²) in [5.74, 6) is -0.357. The Kier molecular flexibility index (Phi) is 5.46. The fourth-order valence-electron chi connectivity index (χ4n) is 2.67. The average molecular weight is 285 g/mol. The molecule has 2 rings (SSSR count). The molecular weight excluding hydrogens is 263 g/mol. The molecule has 2 nitrogen and oxygen atoms in total. The summed E-state index contributed by atoms with van der Waals surface area (Å²) < 4.78 is 13.8. The Hall–Kier alpha value is -0.800. The molecule has 0 spiro atoms. The van der Waals surface area contributed by atoms with E-state index in [0.717, 1.165) is 13.0 Å². The molecule has 1 aromatic carbocycles. The highest BCUT2D eigenvalue weighted by Gasteiger charge is 2.16. The van der Waals surface area contributed by atoms with Crippen LogP contribution in [0.25, 0.3) is 0 Å². The van der Waals surface area contributed by atoms with Crippen LogP contribution < -0.4 is 10.6 Å². The lowest BCUT2D eigenvalue weighted by molar-refractivity contribution is 0.455. The van der Waals surface area contributed by atoms with Gasteiger partial charge in [-0.15, -0.1) is 0 Å². The van der Waals surface area contributed by atoms with Crippen LogP contribution in [0.2, 0.25) is 5.02 Å². The smallest absolute Gasteiger partial charge is 0.164 e. The van der Waals surface area contributed by atoms with Crippen LogP contribution in [-0.2, 0) is 0 Å².